The van der Waals surface area contributed by atoms with E-state index in [0.717, 1.165) is 36.0 Å². The van der Waals surface area contributed by atoms with Gasteiger partial charge in [0.05, 0.1) is 0 Å². The lowest BCUT2D eigenvalue weighted by molar-refractivity contribution is 0.328. The fraction of sp³-hybridized carbons (Fsp3) is 0.733. The van der Waals surface area contributed by atoms with Gasteiger partial charge in [-0.25, -0.2) is 15.8 Å². The molecule has 1 aromatic heterocycles. The van der Waals surface area contributed by atoms with E-state index in [2.05, 4.69) is 34.6 Å². The predicted octanol–water partition coefficient (Wildman–Crippen LogP) is 3.10. The molecule has 5 heteroatoms. The summed E-state index contributed by atoms with van der Waals surface area (Å²) in [4.78, 5) is 8.63. The summed E-state index contributed by atoms with van der Waals surface area (Å²) in [6, 6.07) is 0.450. The van der Waals surface area contributed by atoms with E-state index in [4.69, 9.17) is 5.84 Å². The van der Waals surface area contributed by atoms with E-state index < -0.39 is 0 Å². The van der Waals surface area contributed by atoms with E-state index >= 15 is 0 Å². The minimum absolute atomic E-state index is 0.450. The molecule has 1 heterocycles. The molecule has 0 saturated heterocycles. The fourth-order valence-electron chi connectivity index (χ4n) is 3.12. The molecule has 1 saturated carbocycles. The van der Waals surface area contributed by atoms with Crippen LogP contribution in [-0.4, -0.2) is 16.0 Å². The third kappa shape index (κ3) is 3.60. The average molecular weight is 277 g/mol. The highest BCUT2D eigenvalue weighted by molar-refractivity contribution is 5.57. The molecule has 0 spiro atoms. The molecule has 4 N–H and O–H groups in total. The summed E-state index contributed by atoms with van der Waals surface area (Å²) in [5.41, 5.74) is 3.78. The van der Waals surface area contributed by atoms with Gasteiger partial charge in [0.25, 0.3) is 0 Å². The molecule has 112 valence electrons. The van der Waals surface area contributed by atoms with Crippen LogP contribution in [0.1, 0.15) is 57.9 Å². The van der Waals surface area contributed by atoms with Gasteiger partial charge in [-0.1, -0.05) is 32.6 Å². The molecule has 1 atom stereocenters. The van der Waals surface area contributed by atoms with Gasteiger partial charge in [0, 0.05) is 11.6 Å². The molecule has 1 unspecified atom stereocenters. The number of anilines is 2. The summed E-state index contributed by atoms with van der Waals surface area (Å²) in [5.74, 6) is 7.98. The van der Waals surface area contributed by atoms with Gasteiger partial charge in [0.2, 0.25) is 0 Å². The lowest BCUT2D eigenvalue weighted by atomic mass is 9.84. The minimum Gasteiger partial charge on any atom is -0.367 e. The Hall–Kier alpha value is -1.36. The SMILES string of the molecule is CCCc1c(NN)ncnc1NC(C)C1CCCCC1. The maximum absolute atomic E-state index is 5.56. The Labute approximate surface area is 121 Å². The maximum Gasteiger partial charge on any atom is 0.148 e. The number of nitrogens with one attached hydrogen (secondary N) is 2. The lowest BCUT2D eigenvalue weighted by Crippen LogP contribution is -2.29. The zero-order valence-electron chi connectivity index (χ0n) is 12.7. The van der Waals surface area contributed by atoms with Gasteiger partial charge in [-0.15, -0.1) is 0 Å². The number of nitrogens with two attached hydrogens (primary N) is 1. The van der Waals surface area contributed by atoms with E-state index in [1.54, 1.807) is 6.33 Å². The number of nitrogen functional groups attached to an aromatic ring is 1. The Bertz CT molecular complexity index is 415. The molecule has 1 aromatic rings. The highest BCUT2D eigenvalue weighted by atomic mass is 15.3. The van der Waals surface area contributed by atoms with Crippen LogP contribution >= 0.6 is 0 Å². The molecule has 5 nitrogen and oxygen atoms in total. The third-order valence-corrected chi connectivity index (χ3v) is 4.30. The van der Waals surface area contributed by atoms with Crippen molar-refractivity contribution < 1.29 is 0 Å². The number of nitrogens with zero attached hydrogens (tertiary/aromatic N) is 2. The minimum atomic E-state index is 0.450. The van der Waals surface area contributed by atoms with Gasteiger partial charge in [0.1, 0.15) is 18.0 Å². The van der Waals surface area contributed by atoms with Gasteiger partial charge < -0.3 is 10.7 Å². The second-order valence-electron chi connectivity index (χ2n) is 5.77. The van der Waals surface area contributed by atoms with Crippen molar-refractivity contribution >= 4 is 11.6 Å². The average Bonchev–Trinajstić information content (AvgIpc) is 2.50. The van der Waals surface area contributed by atoms with Crippen molar-refractivity contribution in [1.29, 1.82) is 0 Å². The fourth-order valence-corrected chi connectivity index (χ4v) is 3.12. The zero-order chi connectivity index (χ0) is 14.4. The molecule has 2 rings (SSSR count). The zero-order valence-corrected chi connectivity index (χ0v) is 12.7. The molecule has 0 aliphatic heterocycles. The van der Waals surface area contributed by atoms with Crippen LogP contribution in [0.3, 0.4) is 0 Å². The second-order valence-corrected chi connectivity index (χ2v) is 5.77. The Morgan fingerprint density at radius 2 is 1.95 bits per heavy atom. The van der Waals surface area contributed by atoms with Crippen molar-refractivity contribution in [3.05, 3.63) is 11.9 Å². The Balaban J connectivity index is 2.10. The number of hydrogen-bond acceptors (Lipinski definition) is 5. The largest absolute Gasteiger partial charge is 0.367 e. The third-order valence-electron chi connectivity index (χ3n) is 4.30. The van der Waals surface area contributed by atoms with Crippen LogP contribution in [0.15, 0.2) is 6.33 Å². The van der Waals surface area contributed by atoms with Crippen LogP contribution in [0, 0.1) is 5.92 Å². The summed E-state index contributed by atoms with van der Waals surface area (Å²) in [5, 5.41) is 3.59. The molecule has 0 aromatic carbocycles. The summed E-state index contributed by atoms with van der Waals surface area (Å²) >= 11 is 0. The Morgan fingerprint density at radius 1 is 1.25 bits per heavy atom. The smallest absolute Gasteiger partial charge is 0.148 e. The first-order valence-electron chi connectivity index (χ1n) is 7.83. The van der Waals surface area contributed by atoms with E-state index in [1.807, 2.05) is 0 Å². The molecule has 1 aliphatic rings. The van der Waals surface area contributed by atoms with E-state index in [-0.39, 0.29) is 0 Å². The Kier molecular flexibility index (Phi) is 5.59. The van der Waals surface area contributed by atoms with Crippen molar-refractivity contribution in [3.8, 4) is 0 Å². The molecular weight excluding hydrogens is 250 g/mol. The lowest BCUT2D eigenvalue weighted by Gasteiger charge is -2.29. The van der Waals surface area contributed by atoms with Crippen molar-refractivity contribution in [1.82, 2.24) is 9.97 Å². The first-order valence-corrected chi connectivity index (χ1v) is 7.83. The molecule has 1 aliphatic carbocycles. The van der Waals surface area contributed by atoms with Crippen LogP contribution in [0.5, 0.6) is 0 Å². The van der Waals surface area contributed by atoms with Gasteiger partial charge in [0.15, 0.2) is 0 Å². The summed E-state index contributed by atoms with van der Waals surface area (Å²) in [6.07, 6.45) is 10.3. The number of rotatable bonds is 6. The summed E-state index contributed by atoms with van der Waals surface area (Å²) in [6.45, 7) is 4.42. The number of hydrazine groups is 1. The maximum atomic E-state index is 5.56. The molecule has 20 heavy (non-hydrogen) atoms. The number of hydrogen-bond donors (Lipinski definition) is 3. The van der Waals surface area contributed by atoms with E-state index in [0.29, 0.717) is 6.04 Å². The van der Waals surface area contributed by atoms with Crippen LogP contribution in [0.25, 0.3) is 0 Å². The number of aromatic nitrogens is 2. The first kappa shape index (κ1) is 15.0. The van der Waals surface area contributed by atoms with Crippen LogP contribution in [0.4, 0.5) is 11.6 Å². The van der Waals surface area contributed by atoms with Gasteiger partial charge in [-0.05, 0) is 32.1 Å². The standard InChI is InChI=1S/C15H27N5/c1-3-7-13-14(17-10-18-15(13)20-16)19-11(2)12-8-5-4-6-9-12/h10-12H,3-9,16H2,1-2H3,(H2,17,18,19,20). The Morgan fingerprint density at radius 3 is 2.60 bits per heavy atom. The van der Waals surface area contributed by atoms with Crippen LogP contribution in [0.2, 0.25) is 0 Å². The second kappa shape index (κ2) is 7.43. The first-order chi connectivity index (χ1) is 9.76. The summed E-state index contributed by atoms with van der Waals surface area (Å²) in [7, 11) is 0. The van der Waals surface area contributed by atoms with Crippen molar-refractivity contribution in [3.63, 3.8) is 0 Å². The molecule has 0 radical (unpaired) electrons. The highest BCUT2D eigenvalue weighted by Gasteiger charge is 2.21. The monoisotopic (exact) mass is 277 g/mol. The normalized spacial score (nSPS) is 17.8. The predicted molar refractivity (Wildman–Crippen MR) is 83.5 cm³/mol. The quantitative estimate of drug-likeness (QED) is 0.550. The van der Waals surface area contributed by atoms with Gasteiger partial charge in [-0.2, -0.15) is 0 Å². The molecule has 1 fully saturated rings. The summed E-state index contributed by atoms with van der Waals surface area (Å²) < 4.78 is 0. The molecule has 0 bridgehead atoms. The van der Waals surface area contributed by atoms with Crippen molar-refractivity contribution in [2.45, 2.75) is 64.8 Å². The van der Waals surface area contributed by atoms with Crippen molar-refractivity contribution in [2.75, 3.05) is 10.7 Å². The van der Waals surface area contributed by atoms with E-state index in [1.165, 1.54) is 32.1 Å². The highest BCUT2D eigenvalue weighted by Crippen LogP contribution is 2.29. The van der Waals surface area contributed by atoms with Crippen molar-refractivity contribution in [2.24, 2.45) is 11.8 Å². The molecular formula is C15H27N5. The van der Waals surface area contributed by atoms with Crippen LogP contribution < -0.4 is 16.6 Å². The topological polar surface area (TPSA) is 75.9 Å². The molecule has 0 amide bonds. The van der Waals surface area contributed by atoms with Gasteiger partial charge >= 0.3 is 0 Å². The van der Waals surface area contributed by atoms with Gasteiger partial charge in [-0.3, -0.25) is 0 Å². The van der Waals surface area contributed by atoms with Crippen LogP contribution in [-0.2, 0) is 6.42 Å². The van der Waals surface area contributed by atoms with E-state index in [9.17, 15) is 0 Å².